The Morgan fingerprint density at radius 3 is 2.50 bits per heavy atom. The lowest BCUT2D eigenvalue weighted by Gasteiger charge is -2.23. The SMILES string of the molecule is COCCn1c(N)c(N(Cc2ccccc2)C(=O)C=Cc2ccc(Cl)cc2)c(=O)[nH]c1=O. The van der Waals surface area contributed by atoms with Crippen molar-refractivity contribution in [2.45, 2.75) is 13.1 Å². The highest BCUT2D eigenvalue weighted by molar-refractivity contribution is 6.30. The molecular formula is C23H23ClN4O4. The average molecular weight is 455 g/mol. The Morgan fingerprint density at radius 2 is 1.84 bits per heavy atom. The number of halogens is 1. The molecule has 0 saturated heterocycles. The van der Waals surface area contributed by atoms with E-state index in [1.54, 1.807) is 30.3 Å². The monoisotopic (exact) mass is 454 g/mol. The smallest absolute Gasteiger partial charge is 0.330 e. The molecule has 166 valence electrons. The summed E-state index contributed by atoms with van der Waals surface area (Å²) in [6.45, 7) is 0.415. The topological polar surface area (TPSA) is 110 Å². The summed E-state index contributed by atoms with van der Waals surface area (Å²) in [5.41, 5.74) is 6.23. The normalized spacial score (nSPS) is 11.1. The number of aromatic amines is 1. The quantitative estimate of drug-likeness (QED) is 0.508. The van der Waals surface area contributed by atoms with E-state index in [1.165, 1.54) is 22.7 Å². The maximum atomic E-state index is 13.2. The minimum atomic E-state index is -0.745. The molecule has 0 bridgehead atoms. The van der Waals surface area contributed by atoms with E-state index in [0.29, 0.717) is 5.02 Å². The second kappa shape index (κ2) is 10.6. The maximum absolute atomic E-state index is 13.2. The van der Waals surface area contributed by atoms with Gasteiger partial charge in [0.05, 0.1) is 19.7 Å². The van der Waals surface area contributed by atoms with Gasteiger partial charge < -0.3 is 10.5 Å². The molecule has 8 nitrogen and oxygen atoms in total. The van der Waals surface area contributed by atoms with Crippen LogP contribution in [0.1, 0.15) is 11.1 Å². The van der Waals surface area contributed by atoms with Crippen molar-refractivity contribution in [3.8, 4) is 0 Å². The zero-order chi connectivity index (χ0) is 23.1. The molecule has 0 saturated carbocycles. The van der Waals surface area contributed by atoms with Crippen molar-refractivity contribution in [3.05, 3.63) is 97.7 Å². The molecule has 1 amide bonds. The van der Waals surface area contributed by atoms with Crippen LogP contribution in [0.2, 0.25) is 5.02 Å². The number of hydrogen-bond donors (Lipinski definition) is 2. The second-order valence-electron chi connectivity index (χ2n) is 6.93. The van der Waals surface area contributed by atoms with Crippen molar-refractivity contribution in [1.82, 2.24) is 9.55 Å². The summed E-state index contributed by atoms with van der Waals surface area (Å²) in [6.07, 6.45) is 2.96. The summed E-state index contributed by atoms with van der Waals surface area (Å²) in [5, 5.41) is 0.580. The molecule has 3 N–H and O–H groups in total. The van der Waals surface area contributed by atoms with Crippen LogP contribution in [0, 0.1) is 0 Å². The molecule has 3 aromatic rings. The van der Waals surface area contributed by atoms with Crippen LogP contribution in [0.3, 0.4) is 0 Å². The van der Waals surface area contributed by atoms with E-state index in [1.807, 2.05) is 30.3 Å². The lowest BCUT2D eigenvalue weighted by molar-refractivity contribution is -0.114. The van der Waals surface area contributed by atoms with Crippen LogP contribution >= 0.6 is 11.6 Å². The molecule has 0 aliphatic heterocycles. The number of ether oxygens (including phenoxy) is 1. The summed E-state index contributed by atoms with van der Waals surface area (Å²) in [7, 11) is 1.49. The zero-order valence-electron chi connectivity index (χ0n) is 17.5. The average Bonchev–Trinajstić information content (AvgIpc) is 2.78. The molecule has 0 aliphatic carbocycles. The van der Waals surface area contributed by atoms with E-state index in [9.17, 15) is 14.4 Å². The van der Waals surface area contributed by atoms with Gasteiger partial charge in [-0.2, -0.15) is 0 Å². The molecule has 0 spiro atoms. The first-order valence-electron chi connectivity index (χ1n) is 9.81. The van der Waals surface area contributed by atoms with Crippen molar-refractivity contribution in [2.75, 3.05) is 24.4 Å². The van der Waals surface area contributed by atoms with E-state index < -0.39 is 17.2 Å². The number of nitrogens with one attached hydrogen (secondary N) is 1. The van der Waals surface area contributed by atoms with Gasteiger partial charge in [-0.25, -0.2) is 4.79 Å². The number of carbonyl (C=O) groups excluding carboxylic acids is 1. The third kappa shape index (κ3) is 5.54. The number of rotatable bonds is 8. The molecule has 0 atom stereocenters. The molecular weight excluding hydrogens is 432 g/mol. The fraction of sp³-hybridized carbons (Fsp3) is 0.174. The number of carbonyl (C=O) groups is 1. The van der Waals surface area contributed by atoms with Crippen molar-refractivity contribution in [3.63, 3.8) is 0 Å². The molecule has 0 unspecified atom stereocenters. The van der Waals surface area contributed by atoms with Crippen LogP contribution in [0.25, 0.3) is 6.08 Å². The van der Waals surface area contributed by atoms with E-state index >= 15 is 0 Å². The number of hydrogen-bond acceptors (Lipinski definition) is 5. The highest BCUT2D eigenvalue weighted by atomic mass is 35.5. The van der Waals surface area contributed by atoms with Crippen LogP contribution in [-0.2, 0) is 22.6 Å². The first-order chi connectivity index (χ1) is 15.4. The molecule has 0 aliphatic rings. The molecule has 9 heteroatoms. The molecule has 0 fully saturated rings. The Hall–Kier alpha value is -3.62. The van der Waals surface area contributed by atoms with Gasteiger partial charge >= 0.3 is 5.69 Å². The number of methoxy groups -OCH3 is 1. The fourth-order valence-corrected chi connectivity index (χ4v) is 3.23. The van der Waals surface area contributed by atoms with Crippen LogP contribution in [0.5, 0.6) is 0 Å². The van der Waals surface area contributed by atoms with Gasteiger partial charge in [0, 0.05) is 18.2 Å². The molecule has 1 aromatic heterocycles. The number of H-pyrrole nitrogens is 1. The van der Waals surface area contributed by atoms with Crippen LogP contribution in [0.15, 0.2) is 70.3 Å². The first-order valence-corrected chi connectivity index (χ1v) is 10.2. The van der Waals surface area contributed by atoms with Crippen LogP contribution in [-0.4, -0.2) is 29.2 Å². The summed E-state index contributed by atoms with van der Waals surface area (Å²) < 4.78 is 6.19. The van der Waals surface area contributed by atoms with E-state index in [2.05, 4.69) is 4.98 Å². The fourth-order valence-electron chi connectivity index (χ4n) is 3.11. The van der Waals surface area contributed by atoms with Gasteiger partial charge in [-0.15, -0.1) is 0 Å². The minimum Gasteiger partial charge on any atom is -0.383 e. The number of anilines is 2. The first kappa shape index (κ1) is 23.1. The predicted molar refractivity (Wildman–Crippen MR) is 126 cm³/mol. The highest BCUT2D eigenvalue weighted by Crippen LogP contribution is 2.20. The molecule has 32 heavy (non-hydrogen) atoms. The van der Waals surface area contributed by atoms with Gasteiger partial charge in [0.25, 0.3) is 11.5 Å². The summed E-state index contributed by atoms with van der Waals surface area (Å²) in [5.74, 6) is -0.585. The standard InChI is InChI=1S/C23H23ClN4O4/c1-32-14-13-27-21(25)20(22(30)26-23(27)31)28(15-17-5-3-2-4-6-17)19(29)12-9-16-7-10-18(24)11-8-16/h2-12H,13-15,25H2,1H3,(H,26,30,31). The van der Waals surface area contributed by atoms with Gasteiger partial charge in [-0.05, 0) is 29.3 Å². The summed E-state index contributed by atoms with van der Waals surface area (Å²) in [6, 6.07) is 16.1. The zero-order valence-corrected chi connectivity index (χ0v) is 18.2. The van der Waals surface area contributed by atoms with E-state index in [4.69, 9.17) is 22.1 Å². The third-order valence-corrected chi connectivity index (χ3v) is 4.99. The van der Waals surface area contributed by atoms with Crippen molar-refractivity contribution < 1.29 is 9.53 Å². The number of nitrogen functional groups attached to an aromatic ring is 1. The van der Waals surface area contributed by atoms with Crippen LogP contribution < -0.4 is 21.9 Å². The Bertz CT molecular complexity index is 1220. The van der Waals surface area contributed by atoms with Gasteiger partial charge in [-0.3, -0.25) is 24.0 Å². The summed E-state index contributed by atoms with van der Waals surface area (Å²) in [4.78, 5) is 41.7. The van der Waals surface area contributed by atoms with Crippen molar-refractivity contribution in [2.24, 2.45) is 0 Å². The molecule has 3 rings (SSSR count). The minimum absolute atomic E-state index is 0.0837. The van der Waals surface area contributed by atoms with Gasteiger partial charge in [0.1, 0.15) is 5.82 Å². The van der Waals surface area contributed by atoms with E-state index in [0.717, 1.165) is 11.1 Å². The van der Waals surface area contributed by atoms with Gasteiger partial charge in [0.2, 0.25) is 0 Å². The van der Waals surface area contributed by atoms with E-state index in [-0.39, 0.29) is 31.2 Å². The predicted octanol–water partition coefficient (Wildman–Crippen LogP) is 2.67. The number of aromatic nitrogens is 2. The van der Waals surface area contributed by atoms with Gasteiger partial charge in [0.15, 0.2) is 5.69 Å². The maximum Gasteiger partial charge on any atom is 0.330 e. The second-order valence-corrected chi connectivity index (χ2v) is 7.37. The third-order valence-electron chi connectivity index (χ3n) is 4.74. The Morgan fingerprint density at radius 1 is 1.16 bits per heavy atom. The van der Waals surface area contributed by atoms with Crippen molar-refractivity contribution in [1.29, 1.82) is 0 Å². The molecule has 1 heterocycles. The molecule has 0 radical (unpaired) electrons. The summed E-state index contributed by atoms with van der Waals surface area (Å²) >= 11 is 5.91. The molecule has 2 aromatic carbocycles. The lowest BCUT2D eigenvalue weighted by atomic mass is 10.2. The van der Waals surface area contributed by atoms with Crippen LogP contribution in [0.4, 0.5) is 11.5 Å². The lowest BCUT2D eigenvalue weighted by Crippen LogP contribution is -2.40. The highest BCUT2D eigenvalue weighted by Gasteiger charge is 2.23. The number of nitrogens with two attached hydrogens (primary N) is 1. The number of amides is 1. The largest absolute Gasteiger partial charge is 0.383 e. The number of nitrogens with zero attached hydrogens (tertiary/aromatic N) is 2. The Balaban J connectivity index is 2.05. The Labute approximate surface area is 189 Å². The van der Waals surface area contributed by atoms with Gasteiger partial charge in [-0.1, -0.05) is 54.1 Å². The van der Waals surface area contributed by atoms with Crippen molar-refractivity contribution >= 4 is 35.1 Å². The Kier molecular flexibility index (Phi) is 7.64. The number of benzene rings is 2.